The third-order valence-corrected chi connectivity index (χ3v) is 4.01. The van der Waals surface area contributed by atoms with E-state index >= 15 is 0 Å². The molecule has 0 bridgehead atoms. The summed E-state index contributed by atoms with van der Waals surface area (Å²) in [5.41, 5.74) is 3.32. The molecule has 0 saturated heterocycles. The number of pyridine rings is 1. The number of nitrogens with zero attached hydrogens (tertiary/aromatic N) is 2. The zero-order valence-corrected chi connectivity index (χ0v) is 14.5. The Hall–Kier alpha value is -3.08. The third kappa shape index (κ3) is 4.26. The summed E-state index contributed by atoms with van der Waals surface area (Å²) in [6.07, 6.45) is 1.82. The molecule has 0 atom stereocenters. The number of guanidine groups is 1. The van der Waals surface area contributed by atoms with Crippen LogP contribution in [-0.4, -0.2) is 25.1 Å². The van der Waals surface area contributed by atoms with E-state index in [1.807, 2.05) is 36.5 Å². The topological polar surface area (TPSA) is 58.5 Å². The molecule has 3 aromatic rings. The van der Waals surface area contributed by atoms with E-state index in [1.165, 1.54) is 0 Å². The van der Waals surface area contributed by atoms with Gasteiger partial charge in [0.15, 0.2) is 5.96 Å². The molecule has 0 spiro atoms. The molecule has 0 amide bonds. The van der Waals surface area contributed by atoms with Gasteiger partial charge in [0, 0.05) is 31.7 Å². The van der Waals surface area contributed by atoms with E-state index in [4.69, 9.17) is 4.74 Å². The lowest BCUT2D eigenvalue weighted by Gasteiger charge is -2.13. The van der Waals surface area contributed by atoms with Crippen LogP contribution in [0.3, 0.4) is 0 Å². The molecule has 5 nitrogen and oxygen atoms in total. The minimum Gasteiger partial charge on any atom is -0.497 e. The van der Waals surface area contributed by atoms with Gasteiger partial charge >= 0.3 is 0 Å². The van der Waals surface area contributed by atoms with Gasteiger partial charge in [0.05, 0.1) is 12.6 Å². The SMILES string of the molecule is CN=C(NCc1ccc(OC)cc1)NCc1cccc2cccnc12. The molecule has 0 aliphatic rings. The average Bonchev–Trinajstić information content (AvgIpc) is 2.68. The Morgan fingerprint density at radius 2 is 1.76 bits per heavy atom. The second-order valence-electron chi connectivity index (χ2n) is 5.62. The molecule has 3 rings (SSSR count). The van der Waals surface area contributed by atoms with Crippen LogP contribution in [0.4, 0.5) is 0 Å². The highest BCUT2D eigenvalue weighted by molar-refractivity contribution is 5.83. The third-order valence-electron chi connectivity index (χ3n) is 4.01. The maximum atomic E-state index is 5.18. The summed E-state index contributed by atoms with van der Waals surface area (Å²) in [7, 11) is 3.44. The van der Waals surface area contributed by atoms with Gasteiger partial charge in [-0.3, -0.25) is 9.98 Å². The molecule has 2 aromatic carbocycles. The van der Waals surface area contributed by atoms with Crippen molar-refractivity contribution in [2.24, 2.45) is 4.99 Å². The van der Waals surface area contributed by atoms with Crippen LogP contribution in [0, 0.1) is 0 Å². The maximum Gasteiger partial charge on any atom is 0.191 e. The lowest BCUT2D eigenvalue weighted by atomic mass is 10.1. The van der Waals surface area contributed by atoms with Crippen LogP contribution >= 0.6 is 0 Å². The number of benzene rings is 2. The molecule has 128 valence electrons. The van der Waals surface area contributed by atoms with Crippen LogP contribution in [0.15, 0.2) is 65.8 Å². The molecule has 5 heteroatoms. The first-order valence-electron chi connectivity index (χ1n) is 8.20. The Morgan fingerprint density at radius 3 is 2.52 bits per heavy atom. The van der Waals surface area contributed by atoms with Gasteiger partial charge in [-0.1, -0.05) is 36.4 Å². The largest absolute Gasteiger partial charge is 0.497 e. The smallest absolute Gasteiger partial charge is 0.191 e. The number of methoxy groups -OCH3 is 1. The minimum absolute atomic E-state index is 0.663. The summed E-state index contributed by atoms with van der Waals surface area (Å²) >= 11 is 0. The van der Waals surface area contributed by atoms with E-state index < -0.39 is 0 Å². The van der Waals surface area contributed by atoms with Gasteiger partial charge in [-0.15, -0.1) is 0 Å². The van der Waals surface area contributed by atoms with Crippen molar-refractivity contribution in [3.63, 3.8) is 0 Å². The standard InChI is InChI=1S/C20H22N4O/c1-21-20(23-13-15-8-10-18(25-2)11-9-15)24-14-17-6-3-5-16-7-4-12-22-19(16)17/h3-12H,13-14H2,1-2H3,(H2,21,23,24). The first-order chi connectivity index (χ1) is 12.3. The Bertz CT molecular complexity index is 854. The maximum absolute atomic E-state index is 5.18. The highest BCUT2D eigenvalue weighted by Gasteiger charge is 2.04. The quantitative estimate of drug-likeness (QED) is 0.556. The summed E-state index contributed by atoms with van der Waals surface area (Å²) in [5.74, 6) is 1.61. The monoisotopic (exact) mass is 334 g/mol. The summed E-state index contributed by atoms with van der Waals surface area (Å²) < 4.78 is 5.18. The number of aliphatic imine (C=N–C) groups is 1. The first kappa shape index (κ1) is 16.8. The fraction of sp³-hybridized carbons (Fsp3) is 0.200. The summed E-state index contributed by atoms with van der Waals surface area (Å²) in [4.78, 5) is 8.76. The van der Waals surface area contributed by atoms with E-state index in [1.54, 1.807) is 14.2 Å². The van der Waals surface area contributed by atoms with E-state index in [9.17, 15) is 0 Å². The zero-order valence-electron chi connectivity index (χ0n) is 14.5. The average molecular weight is 334 g/mol. The van der Waals surface area contributed by atoms with Crippen molar-refractivity contribution in [2.75, 3.05) is 14.2 Å². The van der Waals surface area contributed by atoms with E-state index in [2.05, 4.69) is 44.9 Å². The summed E-state index contributed by atoms with van der Waals surface area (Å²) in [6, 6.07) is 18.2. The molecule has 25 heavy (non-hydrogen) atoms. The second kappa shape index (κ2) is 8.15. The van der Waals surface area contributed by atoms with Crippen molar-refractivity contribution >= 4 is 16.9 Å². The predicted octanol–water partition coefficient (Wildman–Crippen LogP) is 3.11. The molecule has 0 saturated carbocycles. The van der Waals surface area contributed by atoms with Gasteiger partial charge in [0.2, 0.25) is 0 Å². The molecule has 0 unspecified atom stereocenters. The van der Waals surface area contributed by atoms with Crippen LogP contribution < -0.4 is 15.4 Å². The van der Waals surface area contributed by atoms with Gasteiger partial charge < -0.3 is 15.4 Å². The first-order valence-corrected chi connectivity index (χ1v) is 8.20. The fourth-order valence-corrected chi connectivity index (χ4v) is 2.64. The number of fused-ring (bicyclic) bond motifs is 1. The molecule has 0 aliphatic heterocycles. The molecular formula is C20H22N4O. The van der Waals surface area contributed by atoms with Crippen molar-refractivity contribution in [1.29, 1.82) is 0 Å². The predicted molar refractivity (Wildman–Crippen MR) is 102 cm³/mol. The summed E-state index contributed by atoms with van der Waals surface area (Å²) in [5, 5.41) is 7.81. The minimum atomic E-state index is 0.663. The lowest BCUT2D eigenvalue weighted by Crippen LogP contribution is -2.36. The molecule has 0 fully saturated rings. The molecule has 0 aliphatic carbocycles. The zero-order chi connectivity index (χ0) is 17.5. The highest BCUT2D eigenvalue weighted by Crippen LogP contribution is 2.15. The van der Waals surface area contributed by atoms with Crippen LogP contribution in [0.2, 0.25) is 0 Å². The molecule has 0 radical (unpaired) electrons. The summed E-state index contributed by atoms with van der Waals surface area (Å²) in [6.45, 7) is 1.36. The van der Waals surface area contributed by atoms with Gasteiger partial charge in [-0.25, -0.2) is 0 Å². The Labute approximate surface area is 147 Å². The fourth-order valence-electron chi connectivity index (χ4n) is 2.64. The number of hydrogen-bond acceptors (Lipinski definition) is 3. The number of nitrogens with one attached hydrogen (secondary N) is 2. The van der Waals surface area contributed by atoms with Crippen molar-refractivity contribution in [3.8, 4) is 5.75 Å². The number of ether oxygens (including phenoxy) is 1. The van der Waals surface area contributed by atoms with Gasteiger partial charge in [0.25, 0.3) is 0 Å². The number of para-hydroxylation sites is 1. The Balaban J connectivity index is 1.60. The van der Waals surface area contributed by atoms with Crippen molar-refractivity contribution < 1.29 is 4.74 Å². The Kier molecular flexibility index (Phi) is 5.46. The van der Waals surface area contributed by atoms with Crippen LogP contribution in [0.25, 0.3) is 10.9 Å². The van der Waals surface area contributed by atoms with E-state index in [-0.39, 0.29) is 0 Å². The van der Waals surface area contributed by atoms with Crippen molar-refractivity contribution in [2.45, 2.75) is 13.1 Å². The Morgan fingerprint density at radius 1 is 1.00 bits per heavy atom. The highest BCUT2D eigenvalue weighted by atomic mass is 16.5. The van der Waals surface area contributed by atoms with Crippen molar-refractivity contribution in [3.05, 3.63) is 71.9 Å². The van der Waals surface area contributed by atoms with Crippen LogP contribution in [-0.2, 0) is 13.1 Å². The molecular weight excluding hydrogens is 312 g/mol. The molecule has 2 N–H and O–H groups in total. The lowest BCUT2D eigenvalue weighted by molar-refractivity contribution is 0.414. The van der Waals surface area contributed by atoms with Gasteiger partial charge in [0.1, 0.15) is 5.75 Å². The number of hydrogen-bond donors (Lipinski definition) is 2. The molecule has 1 aromatic heterocycles. The van der Waals surface area contributed by atoms with Gasteiger partial charge in [-0.2, -0.15) is 0 Å². The van der Waals surface area contributed by atoms with Crippen LogP contribution in [0.5, 0.6) is 5.75 Å². The van der Waals surface area contributed by atoms with E-state index in [0.29, 0.717) is 13.1 Å². The number of rotatable bonds is 5. The number of aromatic nitrogens is 1. The van der Waals surface area contributed by atoms with Crippen molar-refractivity contribution in [1.82, 2.24) is 15.6 Å². The second-order valence-corrected chi connectivity index (χ2v) is 5.62. The van der Waals surface area contributed by atoms with E-state index in [0.717, 1.165) is 33.7 Å². The van der Waals surface area contributed by atoms with Crippen LogP contribution in [0.1, 0.15) is 11.1 Å². The normalized spacial score (nSPS) is 11.4. The molecule has 1 heterocycles. The van der Waals surface area contributed by atoms with Gasteiger partial charge in [-0.05, 0) is 29.3 Å².